The van der Waals surface area contributed by atoms with Crippen molar-refractivity contribution in [2.75, 3.05) is 24.2 Å². The van der Waals surface area contributed by atoms with Gasteiger partial charge < -0.3 is 10.6 Å². The monoisotopic (exact) mass is 262 g/mol. The van der Waals surface area contributed by atoms with Crippen LogP contribution in [0.1, 0.15) is 19.3 Å². The molecule has 0 amide bonds. The summed E-state index contributed by atoms with van der Waals surface area (Å²) in [5.74, 6) is 0.963. The molecular weight excluding hydrogens is 240 g/mol. The van der Waals surface area contributed by atoms with Crippen molar-refractivity contribution in [2.45, 2.75) is 30.2 Å². The standard InChI is InChI=1S/C15H22N2S/c1-2-12-18-15-8-4-3-7-14(15)17-13-6-5-10-16-11-9-13/h2-4,7-8,13,16-17H,1,5-6,9-12H2. The maximum absolute atomic E-state index is 3.78. The topological polar surface area (TPSA) is 24.1 Å². The number of rotatable bonds is 5. The van der Waals surface area contributed by atoms with E-state index in [2.05, 4.69) is 41.5 Å². The molecule has 0 saturated carbocycles. The van der Waals surface area contributed by atoms with Crippen molar-refractivity contribution in [1.82, 2.24) is 5.32 Å². The molecule has 1 aromatic carbocycles. The van der Waals surface area contributed by atoms with Gasteiger partial charge in [0, 0.05) is 22.4 Å². The van der Waals surface area contributed by atoms with Crippen LogP contribution in [-0.4, -0.2) is 24.9 Å². The normalized spacial score (nSPS) is 20.1. The zero-order valence-electron chi connectivity index (χ0n) is 10.8. The van der Waals surface area contributed by atoms with Crippen LogP contribution in [0.3, 0.4) is 0 Å². The summed E-state index contributed by atoms with van der Waals surface area (Å²) in [5, 5.41) is 7.16. The van der Waals surface area contributed by atoms with Crippen molar-refractivity contribution in [2.24, 2.45) is 0 Å². The maximum atomic E-state index is 3.78. The number of benzene rings is 1. The van der Waals surface area contributed by atoms with Crippen LogP contribution in [0.4, 0.5) is 5.69 Å². The molecule has 18 heavy (non-hydrogen) atoms. The van der Waals surface area contributed by atoms with E-state index in [4.69, 9.17) is 0 Å². The molecule has 0 spiro atoms. The van der Waals surface area contributed by atoms with E-state index in [-0.39, 0.29) is 0 Å². The predicted octanol–water partition coefficient (Wildman–Crippen LogP) is 3.52. The zero-order chi connectivity index (χ0) is 12.6. The van der Waals surface area contributed by atoms with Crippen LogP contribution in [0.15, 0.2) is 41.8 Å². The minimum Gasteiger partial charge on any atom is -0.381 e. The smallest absolute Gasteiger partial charge is 0.0480 e. The molecule has 2 N–H and O–H groups in total. The van der Waals surface area contributed by atoms with Gasteiger partial charge in [-0.2, -0.15) is 0 Å². The molecule has 3 heteroatoms. The Hall–Kier alpha value is -0.930. The molecule has 1 saturated heterocycles. The van der Waals surface area contributed by atoms with Gasteiger partial charge in [0.2, 0.25) is 0 Å². The summed E-state index contributed by atoms with van der Waals surface area (Å²) in [6.45, 7) is 6.07. The average molecular weight is 262 g/mol. The van der Waals surface area contributed by atoms with E-state index >= 15 is 0 Å². The third-order valence-electron chi connectivity index (χ3n) is 3.18. The van der Waals surface area contributed by atoms with E-state index in [9.17, 15) is 0 Å². The van der Waals surface area contributed by atoms with Gasteiger partial charge >= 0.3 is 0 Å². The second-order valence-corrected chi connectivity index (χ2v) is 5.68. The largest absolute Gasteiger partial charge is 0.381 e. The van der Waals surface area contributed by atoms with Crippen LogP contribution in [0, 0.1) is 0 Å². The Kier molecular flexibility index (Phi) is 5.62. The predicted molar refractivity (Wildman–Crippen MR) is 81.5 cm³/mol. The van der Waals surface area contributed by atoms with E-state index in [1.807, 2.05) is 17.8 Å². The molecule has 0 radical (unpaired) electrons. The van der Waals surface area contributed by atoms with Crippen molar-refractivity contribution >= 4 is 17.4 Å². The van der Waals surface area contributed by atoms with E-state index in [0.29, 0.717) is 6.04 Å². The molecule has 1 heterocycles. The van der Waals surface area contributed by atoms with Crippen molar-refractivity contribution in [3.8, 4) is 0 Å². The second-order valence-electron chi connectivity index (χ2n) is 4.62. The first kappa shape index (κ1) is 13.5. The highest BCUT2D eigenvalue weighted by atomic mass is 32.2. The van der Waals surface area contributed by atoms with Gasteiger partial charge in [-0.05, 0) is 44.5 Å². The highest BCUT2D eigenvalue weighted by molar-refractivity contribution is 7.99. The molecule has 1 aromatic rings. The molecule has 98 valence electrons. The number of anilines is 1. The lowest BCUT2D eigenvalue weighted by Gasteiger charge is -2.19. The number of hydrogen-bond acceptors (Lipinski definition) is 3. The lowest BCUT2D eigenvalue weighted by Crippen LogP contribution is -2.21. The van der Waals surface area contributed by atoms with Crippen LogP contribution >= 0.6 is 11.8 Å². The van der Waals surface area contributed by atoms with Crippen molar-refractivity contribution < 1.29 is 0 Å². The lowest BCUT2D eigenvalue weighted by atomic mass is 10.1. The molecule has 1 aliphatic heterocycles. The van der Waals surface area contributed by atoms with Gasteiger partial charge in [-0.15, -0.1) is 18.3 Å². The number of hydrogen-bond donors (Lipinski definition) is 2. The molecule has 0 aliphatic carbocycles. The van der Waals surface area contributed by atoms with Gasteiger partial charge in [0.05, 0.1) is 0 Å². The van der Waals surface area contributed by atoms with Crippen LogP contribution in [0.2, 0.25) is 0 Å². The third-order valence-corrected chi connectivity index (χ3v) is 4.25. The van der Waals surface area contributed by atoms with E-state index in [0.717, 1.165) is 18.8 Å². The number of thioether (sulfide) groups is 1. The summed E-state index contributed by atoms with van der Waals surface area (Å²) >= 11 is 1.84. The van der Waals surface area contributed by atoms with Crippen molar-refractivity contribution in [3.63, 3.8) is 0 Å². The highest BCUT2D eigenvalue weighted by Gasteiger charge is 2.12. The molecule has 1 fully saturated rings. The van der Waals surface area contributed by atoms with Gasteiger partial charge in [0.25, 0.3) is 0 Å². The summed E-state index contributed by atoms with van der Waals surface area (Å²) in [6.07, 6.45) is 5.69. The highest BCUT2D eigenvalue weighted by Crippen LogP contribution is 2.28. The van der Waals surface area contributed by atoms with Gasteiger partial charge in [0.1, 0.15) is 0 Å². The fourth-order valence-corrected chi connectivity index (χ4v) is 3.00. The molecule has 1 aliphatic rings. The van der Waals surface area contributed by atoms with Gasteiger partial charge in [-0.1, -0.05) is 18.2 Å². The van der Waals surface area contributed by atoms with E-state index in [1.54, 1.807) is 0 Å². The Morgan fingerprint density at radius 3 is 3.11 bits per heavy atom. The van der Waals surface area contributed by atoms with Crippen LogP contribution in [0.25, 0.3) is 0 Å². The fraction of sp³-hybridized carbons (Fsp3) is 0.467. The van der Waals surface area contributed by atoms with E-state index < -0.39 is 0 Å². The summed E-state index contributed by atoms with van der Waals surface area (Å²) in [7, 11) is 0. The first-order chi connectivity index (χ1) is 8.90. The molecular formula is C15H22N2S. The summed E-state index contributed by atoms with van der Waals surface area (Å²) in [6, 6.07) is 9.18. The number of para-hydroxylation sites is 1. The second kappa shape index (κ2) is 7.49. The molecule has 2 nitrogen and oxygen atoms in total. The van der Waals surface area contributed by atoms with Crippen LogP contribution in [-0.2, 0) is 0 Å². The zero-order valence-corrected chi connectivity index (χ0v) is 11.6. The Balaban J connectivity index is 2.00. The fourth-order valence-electron chi connectivity index (χ4n) is 2.24. The summed E-state index contributed by atoms with van der Waals surface area (Å²) in [4.78, 5) is 1.33. The quantitative estimate of drug-likeness (QED) is 0.627. The molecule has 2 rings (SSSR count). The van der Waals surface area contributed by atoms with Crippen LogP contribution < -0.4 is 10.6 Å². The number of nitrogens with one attached hydrogen (secondary N) is 2. The molecule has 1 unspecified atom stereocenters. The van der Waals surface area contributed by atoms with Crippen LogP contribution in [0.5, 0.6) is 0 Å². The molecule has 0 bridgehead atoms. The SMILES string of the molecule is C=CCSc1ccccc1NC1CCCNCC1. The Bertz CT molecular complexity index is 371. The summed E-state index contributed by atoms with van der Waals surface area (Å²) < 4.78 is 0. The van der Waals surface area contributed by atoms with Gasteiger partial charge in [0.15, 0.2) is 0 Å². The van der Waals surface area contributed by atoms with Gasteiger partial charge in [-0.25, -0.2) is 0 Å². The Morgan fingerprint density at radius 1 is 1.33 bits per heavy atom. The van der Waals surface area contributed by atoms with Gasteiger partial charge in [-0.3, -0.25) is 0 Å². The molecule has 1 atom stereocenters. The lowest BCUT2D eigenvalue weighted by molar-refractivity contribution is 0.636. The first-order valence-corrected chi connectivity index (χ1v) is 7.68. The Labute approximate surface area is 114 Å². The molecule has 0 aromatic heterocycles. The average Bonchev–Trinajstić information content (AvgIpc) is 2.66. The van der Waals surface area contributed by atoms with E-state index in [1.165, 1.54) is 29.8 Å². The summed E-state index contributed by atoms with van der Waals surface area (Å²) in [5.41, 5.74) is 1.27. The maximum Gasteiger partial charge on any atom is 0.0480 e. The van der Waals surface area contributed by atoms with Crippen molar-refractivity contribution in [3.05, 3.63) is 36.9 Å². The first-order valence-electron chi connectivity index (χ1n) is 6.70. The van der Waals surface area contributed by atoms with Crippen molar-refractivity contribution in [1.29, 1.82) is 0 Å². The Morgan fingerprint density at radius 2 is 2.22 bits per heavy atom. The third kappa shape index (κ3) is 4.07. The minimum absolute atomic E-state index is 0.602. The minimum atomic E-state index is 0.602.